The van der Waals surface area contributed by atoms with Gasteiger partial charge in [-0.2, -0.15) is 0 Å². The molecule has 0 aliphatic carbocycles. The summed E-state index contributed by atoms with van der Waals surface area (Å²) in [6.45, 7) is 4.08. The van der Waals surface area contributed by atoms with Crippen LogP contribution in [0.5, 0.6) is 0 Å². The maximum atomic E-state index is 12.2. The van der Waals surface area contributed by atoms with E-state index >= 15 is 0 Å². The van der Waals surface area contributed by atoms with E-state index in [1.807, 2.05) is 31.1 Å². The van der Waals surface area contributed by atoms with Gasteiger partial charge in [0.15, 0.2) is 0 Å². The molecule has 2 atom stereocenters. The van der Waals surface area contributed by atoms with E-state index in [1.54, 1.807) is 6.20 Å². The molecule has 0 spiro atoms. The largest absolute Gasteiger partial charge is 0.363 e. The molecule has 2 heterocycles. The third-order valence-corrected chi connectivity index (χ3v) is 3.57. The van der Waals surface area contributed by atoms with Crippen molar-refractivity contribution in [2.75, 3.05) is 32.1 Å². The highest BCUT2D eigenvalue weighted by molar-refractivity contribution is 5.94. The minimum atomic E-state index is -0.0310. The van der Waals surface area contributed by atoms with E-state index in [0.717, 1.165) is 25.3 Å². The first-order valence-electron chi connectivity index (χ1n) is 6.73. The average Bonchev–Trinajstić information content (AvgIpc) is 2.41. The van der Waals surface area contributed by atoms with Gasteiger partial charge >= 0.3 is 0 Å². The zero-order chi connectivity index (χ0) is 13.8. The highest BCUT2D eigenvalue weighted by Crippen LogP contribution is 2.12. The molecule has 1 aromatic heterocycles. The zero-order valence-corrected chi connectivity index (χ0v) is 11.8. The van der Waals surface area contributed by atoms with Gasteiger partial charge in [-0.3, -0.25) is 4.79 Å². The van der Waals surface area contributed by atoms with Gasteiger partial charge in [0.25, 0.3) is 5.91 Å². The minimum Gasteiger partial charge on any atom is -0.363 e. The van der Waals surface area contributed by atoms with Gasteiger partial charge in [-0.25, -0.2) is 4.98 Å². The number of piperidine rings is 1. The Morgan fingerprint density at radius 1 is 1.47 bits per heavy atom. The summed E-state index contributed by atoms with van der Waals surface area (Å²) in [6, 6.07) is 3.94. The van der Waals surface area contributed by atoms with Crippen molar-refractivity contribution >= 4 is 11.7 Å². The van der Waals surface area contributed by atoms with Crippen molar-refractivity contribution in [1.29, 1.82) is 0 Å². The molecule has 2 unspecified atom stereocenters. The smallest absolute Gasteiger partial charge is 0.253 e. The van der Waals surface area contributed by atoms with Crippen LogP contribution in [0.4, 0.5) is 5.82 Å². The number of carbonyl (C=O) groups excluding carboxylic acids is 1. The van der Waals surface area contributed by atoms with Crippen LogP contribution in [-0.2, 0) is 0 Å². The number of carbonyl (C=O) groups is 1. The fourth-order valence-corrected chi connectivity index (χ4v) is 2.27. The second-order valence-electron chi connectivity index (χ2n) is 5.35. The van der Waals surface area contributed by atoms with Crippen molar-refractivity contribution < 1.29 is 4.79 Å². The molecular weight excluding hydrogens is 240 g/mol. The Balaban J connectivity index is 1.99. The van der Waals surface area contributed by atoms with Crippen molar-refractivity contribution in [3.8, 4) is 0 Å². The van der Waals surface area contributed by atoms with Gasteiger partial charge in [-0.05, 0) is 37.6 Å². The highest BCUT2D eigenvalue weighted by atomic mass is 16.1. The summed E-state index contributed by atoms with van der Waals surface area (Å²) in [4.78, 5) is 18.3. The lowest BCUT2D eigenvalue weighted by Gasteiger charge is -2.30. The monoisotopic (exact) mass is 262 g/mol. The molecule has 0 bridgehead atoms. The Morgan fingerprint density at radius 3 is 2.84 bits per heavy atom. The van der Waals surface area contributed by atoms with E-state index in [2.05, 4.69) is 22.5 Å². The molecule has 5 nitrogen and oxygen atoms in total. The van der Waals surface area contributed by atoms with Crippen molar-refractivity contribution in [1.82, 2.24) is 15.6 Å². The Hall–Kier alpha value is -1.62. The SMILES string of the molecule is CC1CNCCC1NC(=O)c1ccc(N(C)C)nc1. The van der Waals surface area contributed by atoms with Gasteiger partial charge in [-0.15, -0.1) is 0 Å². The number of nitrogens with zero attached hydrogens (tertiary/aromatic N) is 2. The first-order valence-corrected chi connectivity index (χ1v) is 6.73. The van der Waals surface area contributed by atoms with Gasteiger partial charge < -0.3 is 15.5 Å². The molecule has 0 radical (unpaired) electrons. The predicted octanol–water partition coefficient (Wildman–Crippen LogP) is 0.875. The van der Waals surface area contributed by atoms with Crippen molar-refractivity contribution in [3.05, 3.63) is 23.9 Å². The van der Waals surface area contributed by atoms with Crippen molar-refractivity contribution in [3.63, 3.8) is 0 Å². The predicted molar refractivity (Wildman–Crippen MR) is 76.5 cm³/mol. The maximum absolute atomic E-state index is 12.2. The van der Waals surface area contributed by atoms with Crippen LogP contribution in [0.1, 0.15) is 23.7 Å². The molecule has 1 saturated heterocycles. The molecule has 104 valence electrons. The standard InChI is InChI=1S/C14H22N4O/c1-10-8-15-7-6-12(10)17-14(19)11-4-5-13(16-9-11)18(2)3/h4-5,9-10,12,15H,6-8H2,1-3H3,(H,17,19). The summed E-state index contributed by atoms with van der Waals surface area (Å²) >= 11 is 0. The normalized spacial score (nSPS) is 22.9. The van der Waals surface area contributed by atoms with Gasteiger partial charge in [-0.1, -0.05) is 6.92 Å². The van der Waals surface area contributed by atoms with Gasteiger partial charge in [0, 0.05) is 26.3 Å². The molecule has 5 heteroatoms. The molecule has 2 rings (SSSR count). The van der Waals surface area contributed by atoms with E-state index < -0.39 is 0 Å². The topological polar surface area (TPSA) is 57.3 Å². The number of hydrogen-bond acceptors (Lipinski definition) is 4. The second kappa shape index (κ2) is 6.02. The fourth-order valence-electron chi connectivity index (χ4n) is 2.27. The Labute approximate surface area is 114 Å². The van der Waals surface area contributed by atoms with Crippen LogP contribution in [0.25, 0.3) is 0 Å². The van der Waals surface area contributed by atoms with Crippen molar-refractivity contribution in [2.45, 2.75) is 19.4 Å². The highest BCUT2D eigenvalue weighted by Gasteiger charge is 2.23. The van der Waals surface area contributed by atoms with E-state index in [-0.39, 0.29) is 11.9 Å². The zero-order valence-electron chi connectivity index (χ0n) is 11.8. The van der Waals surface area contributed by atoms with E-state index in [0.29, 0.717) is 11.5 Å². The molecule has 0 aromatic carbocycles. The molecule has 0 saturated carbocycles. The maximum Gasteiger partial charge on any atom is 0.253 e. The average molecular weight is 262 g/mol. The summed E-state index contributed by atoms with van der Waals surface area (Å²) in [5, 5.41) is 6.43. The molecule has 1 amide bonds. The Kier molecular flexibility index (Phi) is 4.37. The third-order valence-electron chi connectivity index (χ3n) is 3.57. The molecule has 19 heavy (non-hydrogen) atoms. The summed E-state index contributed by atoms with van der Waals surface area (Å²) in [6.07, 6.45) is 2.62. The van der Waals surface area contributed by atoms with Crippen LogP contribution < -0.4 is 15.5 Å². The van der Waals surface area contributed by atoms with Gasteiger partial charge in [0.05, 0.1) is 5.56 Å². The van der Waals surface area contributed by atoms with Crippen LogP contribution in [0.3, 0.4) is 0 Å². The van der Waals surface area contributed by atoms with Crippen LogP contribution in [-0.4, -0.2) is 44.1 Å². The lowest BCUT2D eigenvalue weighted by molar-refractivity contribution is 0.0914. The van der Waals surface area contributed by atoms with E-state index in [4.69, 9.17) is 0 Å². The molecule has 1 aliphatic heterocycles. The number of nitrogens with one attached hydrogen (secondary N) is 2. The first kappa shape index (κ1) is 13.8. The fraction of sp³-hybridized carbons (Fsp3) is 0.571. The van der Waals surface area contributed by atoms with E-state index in [9.17, 15) is 4.79 Å². The quantitative estimate of drug-likeness (QED) is 0.849. The van der Waals surface area contributed by atoms with Gasteiger partial charge in [0.1, 0.15) is 5.82 Å². The Bertz CT molecular complexity index is 430. The van der Waals surface area contributed by atoms with Crippen LogP contribution >= 0.6 is 0 Å². The third kappa shape index (κ3) is 3.44. The molecule has 1 aliphatic rings. The Morgan fingerprint density at radius 2 is 2.26 bits per heavy atom. The van der Waals surface area contributed by atoms with E-state index in [1.165, 1.54) is 0 Å². The first-order chi connectivity index (χ1) is 9.08. The molecule has 2 N–H and O–H groups in total. The number of anilines is 1. The minimum absolute atomic E-state index is 0.0310. The molecule has 1 fully saturated rings. The van der Waals surface area contributed by atoms with Gasteiger partial charge in [0.2, 0.25) is 0 Å². The van der Waals surface area contributed by atoms with Crippen LogP contribution in [0.15, 0.2) is 18.3 Å². The number of pyridine rings is 1. The lowest BCUT2D eigenvalue weighted by Crippen LogP contribution is -2.48. The van der Waals surface area contributed by atoms with Crippen LogP contribution in [0.2, 0.25) is 0 Å². The molecular formula is C14H22N4O. The van der Waals surface area contributed by atoms with Crippen LogP contribution in [0, 0.1) is 5.92 Å². The lowest BCUT2D eigenvalue weighted by atomic mass is 9.95. The second-order valence-corrected chi connectivity index (χ2v) is 5.35. The number of hydrogen-bond donors (Lipinski definition) is 2. The number of amides is 1. The molecule has 1 aromatic rings. The number of aromatic nitrogens is 1. The summed E-state index contributed by atoms with van der Waals surface area (Å²) in [5.74, 6) is 1.29. The number of rotatable bonds is 3. The summed E-state index contributed by atoms with van der Waals surface area (Å²) in [7, 11) is 3.86. The summed E-state index contributed by atoms with van der Waals surface area (Å²) < 4.78 is 0. The summed E-state index contributed by atoms with van der Waals surface area (Å²) in [5.41, 5.74) is 0.622. The van der Waals surface area contributed by atoms with Crippen molar-refractivity contribution in [2.24, 2.45) is 5.92 Å².